The van der Waals surface area contributed by atoms with Crippen LogP contribution in [0.1, 0.15) is 247 Å². The summed E-state index contributed by atoms with van der Waals surface area (Å²) >= 11 is 4.74. The van der Waals surface area contributed by atoms with Crippen LogP contribution >= 0.6 is 12.6 Å². The normalized spacial score (nSPS) is 12.1. The molecule has 81 heavy (non-hydrogen) atoms. The highest BCUT2D eigenvalue weighted by molar-refractivity contribution is 7.80. The molecule has 7 aromatic rings. The first-order chi connectivity index (χ1) is 39.8. The Hall–Kier alpha value is -5.41. The molecule has 9 rings (SSSR count). The zero-order chi connectivity index (χ0) is 56.5. The minimum Gasteiger partial charge on any atom is -0.324 e. The number of hydrogen-bond acceptors (Lipinski definition) is 7. The number of fused-ring (bicyclic) bond motifs is 20. The molecule has 8 nitrogen and oxygen atoms in total. The molecule has 4 aromatic carbocycles. The summed E-state index contributed by atoms with van der Waals surface area (Å²) in [6, 6.07) is 19.1. The number of rotatable bonds is 33. The third-order valence-electron chi connectivity index (χ3n) is 17.6. The summed E-state index contributed by atoms with van der Waals surface area (Å²) in [5, 5.41) is 4.72. The Kier molecular flexibility index (Phi) is 22.5. The van der Waals surface area contributed by atoms with Gasteiger partial charge in [0.25, 0.3) is 0 Å². The number of nitrogens with zero attached hydrogens (tertiary/aromatic N) is 6. The van der Waals surface area contributed by atoms with E-state index >= 15 is 0 Å². The van der Waals surface area contributed by atoms with E-state index in [4.69, 9.17) is 42.5 Å². The maximum atomic E-state index is 5.93. The highest BCUT2D eigenvalue weighted by Crippen LogP contribution is 2.44. The number of aromatic nitrogens is 8. The summed E-state index contributed by atoms with van der Waals surface area (Å²) < 4.78 is 0. The van der Waals surface area contributed by atoms with E-state index < -0.39 is 0 Å². The van der Waals surface area contributed by atoms with Gasteiger partial charge in [0.15, 0.2) is 23.3 Å². The third kappa shape index (κ3) is 14.2. The molecule has 0 spiro atoms. The minimum absolute atomic E-state index is 0.708. The second-order valence-electron chi connectivity index (χ2n) is 24.0. The van der Waals surface area contributed by atoms with Crippen molar-refractivity contribution < 1.29 is 0 Å². The number of benzene rings is 4. The van der Waals surface area contributed by atoms with Crippen LogP contribution in [0.5, 0.6) is 0 Å². The van der Waals surface area contributed by atoms with Crippen LogP contribution in [0, 0.1) is 6.92 Å². The zero-order valence-corrected chi connectivity index (χ0v) is 52.0. The summed E-state index contributed by atoms with van der Waals surface area (Å²) in [4.78, 5) is 42.9. The van der Waals surface area contributed by atoms with Gasteiger partial charge in [-0.3, -0.25) is 0 Å². The van der Waals surface area contributed by atoms with Crippen LogP contribution in [-0.4, -0.2) is 45.6 Å². The van der Waals surface area contributed by atoms with Crippen LogP contribution in [0.4, 0.5) is 0 Å². The van der Waals surface area contributed by atoms with Crippen molar-refractivity contribution in [3.05, 3.63) is 93.0 Å². The Morgan fingerprint density at radius 3 is 0.827 bits per heavy atom. The lowest BCUT2D eigenvalue weighted by atomic mass is 9.91. The highest BCUT2D eigenvalue weighted by atomic mass is 32.1. The molecule has 5 heterocycles. The molecule has 9 heteroatoms. The van der Waals surface area contributed by atoms with Gasteiger partial charge >= 0.3 is 0 Å². The Labute approximate surface area is 492 Å². The standard InChI is InChI=1S/C72H98N8S/c1-8-14-20-26-33-50-42-43-51(34-27-21-15-9-2)60-59(50)67-74-65-57-49(7)40-41-56(39-32-48-81)58(57)66(73-65)75-68-61-52(35-28-22-16-10-3)44-45-53(36-29-23-17-11-4)62(61)70(77-68)79-72-64-55(38-31-25-19-13-6)47-46-54(37-30-24-18-12-5)63(64)71(80-72)78-69(60)76-67/h40-47,81H,8-39,48H2,1-7H3,(H2,73,74,75,76,77,78,79,80). The predicted molar refractivity (Wildman–Crippen MR) is 350 cm³/mol. The number of unbranched alkanes of at least 4 members (excludes halogenated alkanes) is 18. The second kappa shape index (κ2) is 30.2. The Balaban J connectivity index is 1.47. The van der Waals surface area contributed by atoms with Crippen molar-refractivity contribution in [1.82, 2.24) is 39.9 Å². The molecule has 0 amide bonds. The van der Waals surface area contributed by atoms with Crippen molar-refractivity contribution in [2.45, 2.75) is 254 Å². The van der Waals surface area contributed by atoms with Gasteiger partial charge < -0.3 is 9.97 Å². The first-order valence-electron chi connectivity index (χ1n) is 32.9. The third-order valence-corrected chi connectivity index (χ3v) is 18.0. The van der Waals surface area contributed by atoms with E-state index in [0.29, 0.717) is 11.6 Å². The van der Waals surface area contributed by atoms with Gasteiger partial charge in [0.05, 0.1) is 0 Å². The van der Waals surface area contributed by atoms with Gasteiger partial charge in [-0.2, -0.15) is 12.6 Å². The monoisotopic (exact) mass is 1110 g/mol. The van der Waals surface area contributed by atoms with E-state index in [-0.39, 0.29) is 0 Å². The van der Waals surface area contributed by atoms with Crippen molar-refractivity contribution in [2.24, 2.45) is 0 Å². The molecule has 0 saturated heterocycles. The molecule has 2 aliphatic heterocycles. The van der Waals surface area contributed by atoms with Crippen LogP contribution in [0.3, 0.4) is 0 Å². The van der Waals surface area contributed by atoms with Crippen molar-refractivity contribution in [3.8, 4) is 45.6 Å². The summed E-state index contributed by atoms with van der Waals surface area (Å²) in [5.74, 6) is 3.75. The predicted octanol–water partition coefficient (Wildman–Crippen LogP) is 20.8. The van der Waals surface area contributed by atoms with E-state index in [1.165, 1.54) is 187 Å². The van der Waals surface area contributed by atoms with Crippen LogP contribution in [0.2, 0.25) is 0 Å². The Bertz CT molecular complexity index is 3380. The van der Waals surface area contributed by atoms with E-state index in [0.717, 1.165) is 147 Å². The Morgan fingerprint density at radius 1 is 0.284 bits per heavy atom. The minimum atomic E-state index is 0.708. The summed E-state index contributed by atoms with van der Waals surface area (Å²) in [5.41, 5.74) is 18.2. The van der Waals surface area contributed by atoms with Gasteiger partial charge in [0, 0.05) is 43.8 Å². The summed E-state index contributed by atoms with van der Waals surface area (Å²) in [6.45, 7) is 16.1. The average molecular weight is 1110 g/mol. The molecule has 8 bridgehead atoms. The van der Waals surface area contributed by atoms with Gasteiger partial charge in [-0.1, -0.05) is 206 Å². The Morgan fingerprint density at radius 2 is 0.531 bits per heavy atom. The topological polar surface area (TPSA) is 109 Å². The summed E-state index contributed by atoms with van der Waals surface area (Å²) in [6.07, 6.45) is 36.3. The van der Waals surface area contributed by atoms with E-state index in [1.807, 2.05) is 0 Å². The molecule has 0 fully saturated rings. The maximum absolute atomic E-state index is 5.93. The first kappa shape index (κ1) is 60.2. The van der Waals surface area contributed by atoms with Crippen molar-refractivity contribution in [1.29, 1.82) is 0 Å². The molecule has 2 N–H and O–H groups in total. The van der Waals surface area contributed by atoms with Crippen LogP contribution < -0.4 is 0 Å². The zero-order valence-electron chi connectivity index (χ0n) is 51.1. The van der Waals surface area contributed by atoms with Gasteiger partial charge in [-0.25, -0.2) is 29.9 Å². The van der Waals surface area contributed by atoms with Gasteiger partial charge in [-0.05, 0) is 147 Å². The van der Waals surface area contributed by atoms with Crippen molar-refractivity contribution in [3.63, 3.8) is 0 Å². The van der Waals surface area contributed by atoms with Crippen molar-refractivity contribution in [2.75, 3.05) is 5.75 Å². The number of H-pyrrole nitrogens is 2. The van der Waals surface area contributed by atoms with Gasteiger partial charge in [0.2, 0.25) is 0 Å². The number of thiol groups is 1. The lowest BCUT2D eigenvalue weighted by Crippen LogP contribution is -1.98. The van der Waals surface area contributed by atoms with E-state index in [9.17, 15) is 0 Å². The second-order valence-corrected chi connectivity index (χ2v) is 24.4. The average Bonchev–Trinajstić information content (AvgIpc) is 4.45. The van der Waals surface area contributed by atoms with E-state index in [2.05, 4.69) is 107 Å². The number of aryl methyl sites for hydroxylation is 8. The fourth-order valence-corrected chi connectivity index (χ4v) is 13.3. The first-order valence-corrected chi connectivity index (χ1v) is 33.5. The van der Waals surface area contributed by atoms with E-state index in [1.54, 1.807) is 0 Å². The highest BCUT2D eigenvalue weighted by Gasteiger charge is 2.29. The maximum Gasteiger partial charge on any atom is 0.165 e. The molecule has 432 valence electrons. The lowest BCUT2D eigenvalue weighted by Gasteiger charge is -2.13. The lowest BCUT2D eigenvalue weighted by molar-refractivity contribution is 0.664. The molecular weight excluding hydrogens is 1010 g/mol. The quantitative estimate of drug-likeness (QED) is 0.0279. The van der Waals surface area contributed by atoms with Crippen LogP contribution in [0.15, 0.2) is 48.5 Å². The molecular formula is C72H98N8S. The molecule has 2 aliphatic rings. The number of nitrogens with one attached hydrogen (secondary N) is 2. The number of aromatic amines is 2. The van der Waals surface area contributed by atoms with Gasteiger partial charge in [-0.15, -0.1) is 0 Å². The smallest absolute Gasteiger partial charge is 0.165 e. The molecule has 0 atom stereocenters. The molecule has 0 radical (unpaired) electrons. The fraction of sp³-hybridized carbons (Fsp3) is 0.556. The molecule has 0 saturated carbocycles. The fourth-order valence-electron chi connectivity index (χ4n) is 13.1. The van der Waals surface area contributed by atoms with Crippen molar-refractivity contribution >= 4 is 56.8 Å². The van der Waals surface area contributed by atoms with Crippen LogP contribution in [0.25, 0.3) is 89.7 Å². The van der Waals surface area contributed by atoms with Gasteiger partial charge in [0.1, 0.15) is 22.6 Å². The molecule has 3 aromatic heterocycles. The number of hydrogen-bond donors (Lipinski definition) is 3. The SMILES string of the molecule is CCCCCCc1ccc(CCCCCC)c2c1-c1nc-2nc2[nH]c(nc3nc(nc4[nH]c(n1)c1c(CCCCCC)ccc(CCCCCC)c41)-c1c(C)ccc(CCCS)c1-3)c1c(CCCCCC)ccc(CCCCCC)c21. The molecule has 0 unspecified atom stereocenters. The summed E-state index contributed by atoms with van der Waals surface area (Å²) in [7, 11) is 0. The van der Waals surface area contributed by atoms with Crippen LogP contribution in [-0.2, 0) is 44.9 Å². The molecule has 0 aliphatic carbocycles. The largest absolute Gasteiger partial charge is 0.324 e.